The van der Waals surface area contributed by atoms with Gasteiger partial charge < -0.3 is 15.2 Å². The number of hydrogen-bond acceptors (Lipinski definition) is 2. The second-order valence-corrected chi connectivity index (χ2v) is 6.42. The largest absolute Gasteiger partial charge is 0.490 e. The van der Waals surface area contributed by atoms with E-state index in [1.807, 2.05) is 12.1 Å². The SMILES string of the molecule is C=CCOc1ccc([C@@H]2[NH2+]CC[C@@]3(O)CCCC[C@@H]23)cc1. The molecule has 0 amide bonds. The van der Waals surface area contributed by atoms with Crippen LogP contribution in [0.3, 0.4) is 0 Å². The molecule has 1 heterocycles. The lowest BCUT2D eigenvalue weighted by molar-refractivity contribution is -0.719. The first-order valence-corrected chi connectivity index (χ1v) is 8.12. The lowest BCUT2D eigenvalue weighted by atomic mass is 9.67. The van der Waals surface area contributed by atoms with Gasteiger partial charge in [-0.15, -0.1) is 0 Å². The fourth-order valence-corrected chi connectivity index (χ4v) is 4.06. The molecule has 1 aromatic carbocycles. The van der Waals surface area contributed by atoms with E-state index >= 15 is 0 Å². The smallest absolute Gasteiger partial charge is 0.119 e. The summed E-state index contributed by atoms with van der Waals surface area (Å²) in [6.07, 6.45) is 7.24. The third-order valence-corrected chi connectivity index (χ3v) is 5.13. The van der Waals surface area contributed by atoms with E-state index in [0.29, 0.717) is 18.6 Å². The van der Waals surface area contributed by atoms with Crippen molar-refractivity contribution in [2.75, 3.05) is 13.2 Å². The summed E-state index contributed by atoms with van der Waals surface area (Å²) >= 11 is 0. The van der Waals surface area contributed by atoms with Gasteiger partial charge in [-0.05, 0) is 37.1 Å². The predicted molar refractivity (Wildman–Crippen MR) is 83.2 cm³/mol. The van der Waals surface area contributed by atoms with Crippen LogP contribution in [0.2, 0.25) is 0 Å². The van der Waals surface area contributed by atoms with E-state index in [-0.39, 0.29) is 0 Å². The van der Waals surface area contributed by atoms with Crippen molar-refractivity contribution in [1.82, 2.24) is 0 Å². The molecule has 1 aliphatic heterocycles. The summed E-state index contributed by atoms with van der Waals surface area (Å²) in [6.45, 7) is 5.22. The molecule has 3 nitrogen and oxygen atoms in total. The molecule has 0 aromatic heterocycles. The maximum Gasteiger partial charge on any atom is 0.119 e. The molecule has 21 heavy (non-hydrogen) atoms. The third kappa shape index (κ3) is 2.99. The summed E-state index contributed by atoms with van der Waals surface area (Å²) < 4.78 is 5.55. The van der Waals surface area contributed by atoms with Gasteiger partial charge in [-0.3, -0.25) is 0 Å². The number of quaternary nitrogens is 1. The van der Waals surface area contributed by atoms with Crippen LogP contribution >= 0.6 is 0 Å². The highest BCUT2D eigenvalue weighted by molar-refractivity contribution is 5.29. The van der Waals surface area contributed by atoms with Crippen LogP contribution in [0.15, 0.2) is 36.9 Å². The molecule has 2 fully saturated rings. The van der Waals surface area contributed by atoms with Gasteiger partial charge in [0.2, 0.25) is 0 Å². The molecule has 1 saturated heterocycles. The van der Waals surface area contributed by atoms with Gasteiger partial charge in [0.25, 0.3) is 0 Å². The molecule has 3 heteroatoms. The molecular formula is C18H26NO2+. The van der Waals surface area contributed by atoms with Gasteiger partial charge in [0, 0.05) is 17.9 Å². The first-order chi connectivity index (χ1) is 10.2. The number of fused-ring (bicyclic) bond motifs is 1. The topological polar surface area (TPSA) is 46.1 Å². The van der Waals surface area contributed by atoms with E-state index in [4.69, 9.17) is 4.74 Å². The maximum absolute atomic E-state index is 10.9. The van der Waals surface area contributed by atoms with Gasteiger partial charge in [0.05, 0.1) is 12.1 Å². The molecule has 3 atom stereocenters. The molecule has 1 saturated carbocycles. The Morgan fingerprint density at radius 1 is 1.29 bits per heavy atom. The highest BCUT2D eigenvalue weighted by atomic mass is 16.5. The Labute approximate surface area is 127 Å². The van der Waals surface area contributed by atoms with Crippen LogP contribution in [0.25, 0.3) is 0 Å². The highest BCUT2D eigenvalue weighted by Crippen LogP contribution is 2.43. The Hall–Kier alpha value is -1.32. The lowest BCUT2D eigenvalue weighted by Gasteiger charge is -2.46. The number of rotatable bonds is 4. The van der Waals surface area contributed by atoms with Crippen molar-refractivity contribution in [3.05, 3.63) is 42.5 Å². The normalized spacial score (nSPS) is 32.2. The number of hydrogen-bond donors (Lipinski definition) is 2. The van der Waals surface area contributed by atoms with E-state index in [1.165, 1.54) is 18.4 Å². The molecule has 0 spiro atoms. The molecule has 0 radical (unpaired) electrons. The van der Waals surface area contributed by atoms with E-state index in [9.17, 15) is 5.11 Å². The number of benzene rings is 1. The minimum Gasteiger partial charge on any atom is -0.490 e. The van der Waals surface area contributed by atoms with Crippen LogP contribution in [0.1, 0.15) is 43.7 Å². The van der Waals surface area contributed by atoms with Gasteiger partial charge in [-0.2, -0.15) is 0 Å². The van der Waals surface area contributed by atoms with Crippen LogP contribution < -0.4 is 10.1 Å². The predicted octanol–water partition coefficient (Wildman–Crippen LogP) is 2.18. The standard InChI is InChI=1S/C18H25NO2/c1-2-13-21-15-8-6-14(7-9-15)17-16-5-3-4-10-18(16,20)11-12-19-17/h2,6-9,16-17,19-20H,1,3-5,10-13H2/p+1/t16-,17-,18-/m0/s1. The van der Waals surface area contributed by atoms with Crippen molar-refractivity contribution in [2.45, 2.75) is 43.7 Å². The Balaban J connectivity index is 1.77. The molecule has 1 aromatic rings. The average Bonchev–Trinajstić information content (AvgIpc) is 2.52. The number of nitrogens with two attached hydrogens (primary N) is 1. The highest BCUT2D eigenvalue weighted by Gasteiger charge is 2.48. The van der Waals surface area contributed by atoms with Gasteiger partial charge in [-0.25, -0.2) is 0 Å². The Bertz CT molecular complexity index is 480. The van der Waals surface area contributed by atoms with E-state index in [0.717, 1.165) is 31.6 Å². The van der Waals surface area contributed by atoms with Crippen molar-refractivity contribution in [2.24, 2.45) is 5.92 Å². The Kier molecular flexibility index (Phi) is 4.32. The van der Waals surface area contributed by atoms with Crippen molar-refractivity contribution in [3.63, 3.8) is 0 Å². The number of ether oxygens (including phenoxy) is 1. The molecule has 114 valence electrons. The Morgan fingerprint density at radius 2 is 2.10 bits per heavy atom. The van der Waals surface area contributed by atoms with Crippen molar-refractivity contribution >= 4 is 0 Å². The maximum atomic E-state index is 10.9. The number of piperidine rings is 1. The third-order valence-electron chi connectivity index (χ3n) is 5.13. The second kappa shape index (κ2) is 6.20. The van der Waals surface area contributed by atoms with E-state index < -0.39 is 5.60 Å². The monoisotopic (exact) mass is 288 g/mol. The van der Waals surface area contributed by atoms with Crippen LogP contribution in [-0.4, -0.2) is 23.9 Å². The first-order valence-electron chi connectivity index (χ1n) is 8.12. The van der Waals surface area contributed by atoms with Gasteiger partial charge in [-0.1, -0.05) is 25.5 Å². The minimum absolute atomic E-state index is 0.387. The van der Waals surface area contributed by atoms with Crippen molar-refractivity contribution in [1.29, 1.82) is 0 Å². The van der Waals surface area contributed by atoms with E-state index in [1.54, 1.807) is 6.08 Å². The summed E-state index contributed by atoms with van der Waals surface area (Å²) in [5.41, 5.74) is 0.876. The fraction of sp³-hybridized carbons (Fsp3) is 0.556. The molecule has 0 bridgehead atoms. The minimum atomic E-state index is -0.435. The quantitative estimate of drug-likeness (QED) is 0.834. The molecule has 2 aliphatic rings. The summed E-state index contributed by atoms with van der Waals surface area (Å²) in [6, 6.07) is 8.75. The average molecular weight is 288 g/mol. The Morgan fingerprint density at radius 3 is 2.86 bits per heavy atom. The summed E-state index contributed by atoms with van der Waals surface area (Å²) in [4.78, 5) is 0. The van der Waals surface area contributed by atoms with Crippen LogP contribution in [-0.2, 0) is 0 Å². The zero-order valence-electron chi connectivity index (χ0n) is 12.6. The van der Waals surface area contributed by atoms with Gasteiger partial charge in [0.15, 0.2) is 0 Å². The summed E-state index contributed by atoms with van der Waals surface area (Å²) in [5.74, 6) is 1.27. The fourth-order valence-electron chi connectivity index (χ4n) is 4.06. The summed E-state index contributed by atoms with van der Waals surface area (Å²) in [5, 5.41) is 13.3. The molecule has 1 aliphatic carbocycles. The van der Waals surface area contributed by atoms with Gasteiger partial charge >= 0.3 is 0 Å². The van der Waals surface area contributed by atoms with Crippen LogP contribution in [0.5, 0.6) is 5.75 Å². The van der Waals surface area contributed by atoms with E-state index in [2.05, 4.69) is 24.0 Å². The zero-order chi connectivity index (χ0) is 14.7. The first kappa shape index (κ1) is 14.6. The zero-order valence-corrected chi connectivity index (χ0v) is 12.6. The van der Waals surface area contributed by atoms with Crippen molar-refractivity contribution < 1.29 is 15.2 Å². The lowest BCUT2D eigenvalue weighted by Crippen LogP contribution is -2.91. The second-order valence-electron chi connectivity index (χ2n) is 6.42. The van der Waals surface area contributed by atoms with Gasteiger partial charge in [0.1, 0.15) is 18.4 Å². The number of aliphatic hydroxyl groups is 1. The van der Waals surface area contributed by atoms with Crippen LogP contribution in [0, 0.1) is 5.92 Å². The molecule has 0 unspecified atom stereocenters. The summed E-state index contributed by atoms with van der Waals surface area (Å²) in [7, 11) is 0. The molecular weight excluding hydrogens is 262 g/mol. The molecule has 3 rings (SSSR count). The van der Waals surface area contributed by atoms with Crippen molar-refractivity contribution in [3.8, 4) is 5.75 Å². The molecule has 3 N–H and O–H groups in total. The van der Waals surface area contributed by atoms with Crippen LogP contribution in [0.4, 0.5) is 0 Å².